The average molecular weight is 424 g/mol. The number of halogens is 2. The van der Waals surface area contributed by atoms with E-state index >= 15 is 0 Å². The Bertz CT molecular complexity index is 1340. The topological polar surface area (TPSA) is 76.3 Å². The van der Waals surface area contributed by atoms with Gasteiger partial charge in [-0.2, -0.15) is 0 Å². The number of anilines is 1. The molecule has 0 saturated heterocycles. The minimum Gasteiger partial charge on any atom is -0.450 e. The van der Waals surface area contributed by atoms with Crippen molar-refractivity contribution in [2.45, 2.75) is 6.04 Å². The van der Waals surface area contributed by atoms with Gasteiger partial charge in [-0.3, -0.25) is 14.5 Å². The van der Waals surface area contributed by atoms with Crippen LogP contribution in [0.4, 0.5) is 5.95 Å². The number of nitrogens with zero attached hydrogens (tertiary/aromatic N) is 3. The maximum atomic E-state index is 13.4. The molecule has 3 heterocycles. The second-order valence-corrected chi connectivity index (χ2v) is 7.37. The summed E-state index contributed by atoms with van der Waals surface area (Å²) in [6.07, 6.45) is 3.05. The minimum atomic E-state index is -0.779. The maximum Gasteiger partial charge on any atom is 0.297 e. The van der Waals surface area contributed by atoms with Gasteiger partial charge in [0, 0.05) is 22.4 Å². The summed E-state index contributed by atoms with van der Waals surface area (Å²) in [5, 5.41) is 1.18. The number of hydrogen-bond donors (Lipinski definition) is 0. The summed E-state index contributed by atoms with van der Waals surface area (Å²) in [5.41, 5.74) is 0.804. The van der Waals surface area contributed by atoms with E-state index in [4.69, 9.17) is 27.6 Å². The Hall–Kier alpha value is -3.22. The summed E-state index contributed by atoms with van der Waals surface area (Å²) < 4.78 is 5.85. The molecule has 0 spiro atoms. The number of carbonyl (C=O) groups is 1. The van der Waals surface area contributed by atoms with Gasteiger partial charge in [0.05, 0.1) is 17.0 Å². The number of amides is 1. The van der Waals surface area contributed by atoms with E-state index in [9.17, 15) is 9.59 Å². The van der Waals surface area contributed by atoms with E-state index in [0.29, 0.717) is 21.0 Å². The van der Waals surface area contributed by atoms with Gasteiger partial charge < -0.3 is 4.42 Å². The lowest BCUT2D eigenvalue weighted by Crippen LogP contribution is -2.31. The molecule has 0 radical (unpaired) electrons. The van der Waals surface area contributed by atoms with E-state index in [2.05, 4.69) is 9.97 Å². The molecule has 0 aliphatic carbocycles. The van der Waals surface area contributed by atoms with Gasteiger partial charge in [-0.15, -0.1) is 0 Å². The van der Waals surface area contributed by atoms with Crippen molar-refractivity contribution >= 4 is 46.0 Å². The fraction of sp³-hybridized carbons (Fsp3) is 0.0476. The van der Waals surface area contributed by atoms with Crippen LogP contribution in [0.5, 0.6) is 0 Å². The lowest BCUT2D eigenvalue weighted by Gasteiger charge is -2.23. The van der Waals surface area contributed by atoms with E-state index in [1.54, 1.807) is 42.5 Å². The van der Waals surface area contributed by atoms with E-state index in [1.807, 2.05) is 0 Å². The summed E-state index contributed by atoms with van der Waals surface area (Å²) in [4.78, 5) is 36.4. The number of carbonyl (C=O) groups excluding carboxylic acids is 1. The Balaban J connectivity index is 1.84. The Morgan fingerprint density at radius 3 is 2.45 bits per heavy atom. The van der Waals surface area contributed by atoms with Gasteiger partial charge in [-0.25, -0.2) is 9.97 Å². The van der Waals surface area contributed by atoms with Crippen LogP contribution < -0.4 is 10.3 Å². The van der Waals surface area contributed by atoms with E-state index in [-0.39, 0.29) is 28.3 Å². The van der Waals surface area contributed by atoms with Crippen molar-refractivity contribution in [1.29, 1.82) is 0 Å². The van der Waals surface area contributed by atoms with Crippen LogP contribution in [0.25, 0.3) is 11.0 Å². The fourth-order valence-electron chi connectivity index (χ4n) is 3.56. The largest absolute Gasteiger partial charge is 0.450 e. The third-order valence-corrected chi connectivity index (χ3v) is 5.23. The standard InChI is InChI=1S/C21H11Cl2N3O3/c22-12-4-1-3-11(9-12)17-16-18(27)14-10-13(23)5-6-15(14)29-19(16)20(28)26(17)21-24-7-2-8-25-21/h1-10,17H. The molecule has 2 aromatic heterocycles. The molecule has 1 aliphatic rings. The van der Waals surface area contributed by atoms with Gasteiger partial charge in [-0.1, -0.05) is 35.3 Å². The third-order valence-electron chi connectivity index (χ3n) is 4.76. The zero-order chi connectivity index (χ0) is 20.1. The highest BCUT2D eigenvalue weighted by Gasteiger charge is 2.44. The summed E-state index contributed by atoms with van der Waals surface area (Å²) in [7, 11) is 0. The van der Waals surface area contributed by atoms with Gasteiger partial charge in [0.2, 0.25) is 11.7 Å². The zero-order valence-electron chi connectivity index (χ0n) is 14.7. The van der Waals surface area contributed by atoms with Gasteiger partial charge in [0.1, 0.15) is 5.58 Å². The zero-order valence-corrected chi connectivity index (χ0v) is 16.2. The van der Waals surface area contributed by atoms with Crippen LogP contribution in [-0.4, -0.2) is 15.9 Å². The molecule has 142 valence electrons. The van der Waals surface area contributed by atoms with Crippen LogP contribution in [0, 0.1) is 0 Å². The number of fused-ring (bicyclic) bond motifs is 2. The summed E-state index contributed by atoms with van der Waals surface area (Å²) >= 11 is 12.3. The first-order chi connectivity index (χ1) is 14.0. The molecule has 6 nitrogen and oxygen atoms in total. The smallest absolute Gasteiger partial charge is 0.297 e. The monoisotopic (exact) mass is 423 g/mol. The molecule has 0 saturated carbocycles. The SMILES string of the molecule is O=C1c2oc3ccc(Cl)cc3c(=O)c2C(c2cccc(Cl)c2)N1c1ncccn1. The van der Waals surface area contributed by atoms with Crippen LogP contribution in [0.1, 0.15) is 27.7 Å². The lowest BCUT2D eigenvalue weighted by atomic mass is 9.99. The molecule has 2 aromatic carbocycles. The van der Waals surface area contributed by atoms with Crippen molar-refractivity contribution in [1.82, 2.24) is 9.97 Å². The molecule has 1 unspecified atom stereocenters. The molecule has 0 bridgehead atoms. The average Bonchev–Trinajstić information content (AvgIpc) is 3.02. The first kappa shape index (κ1) is 17.8. The number of aromatic nitrogens is 2. The Labute approximate surface area is 174 Å². The van der Waals surface area contributed by atoms with Crippen LogP contribution in [0.3, 0.4) is 0 Å². The highest BCUT2D eigenvalue weighted by molar-refractivity contribution is 6.31. The summed E-state index contributed by atoms with van der Waals surface area (Å²) in [6, 6.07) is 12.5. The molecule has 29 heavy (non-hydrogen) atoms. The van der Waals surface area contributed by atoms with Crippen molar-refractivity contribution in [2.24, 2.45) is 0 Å². The van der Waals surface area contributed by atoms with Gasteiger partial charge in [-0.05, 0) is 42.0 Å². The maximum absolute atomic E-state index is 13.4. The van der Waals surface area contributed by atoms with Crippen molar-refractivity contribution in [2.75, 3.05) is 4.90 Å². The van der Waals surface area contributed by atoms with Crippen molar-refractivity contribution in [3.05, 3.63) is 98.1 Å². The van der Waals surface area contributed by atoms with Crippen LogP contribution in [0.2, 0.25) is 10.0 Å². The molecule has 0 N–H and O–H groups in total. The second kappa shape index (κ2) is 6.69. The first-order valence-corrected chi connectivity index (χ1v) is 9.42. The quantitative estimate of drug-likeness (QED) is 0.469. The van der Waals surface area contributed by atoms with Gasteiger partial charge in [0.15, 0.2) is 5.43 Å². The van der Waals surface area contributed by atoms with Gasteiger partial charge >= 0.3 is 0 Å². The van der Waals surface area contributed by atoms with Crippen LogP contribution in [-0.2, 0) is 0 Å². The third kappa shape index (κ3) is 2.80. The molecule has 0 fully saturated rings. The molecular formula is C21H11Cl2N3O3. The molecule has 5 rings (SSSR count). The predicted molar refractivity (Wildman–Crippen MR) is 110 cm³/mol. The lowest BCUT2D eigenvalue weighted by molar-refractivity contribution is 0.0969. The van der Waals surface area contributed by atoms with E-state index in [0.717, 1.165) is 0 Å². The predicted octanol–water partition coefficient (Wildman–Crippen LogP) is 4.64. The molecule has 1 amide bonds. The molecule has 1 atom stereocenters. The van der Waals surface area contributed by atoms with E-state index < -0.39 is 11.9 Å². The minimum absolute atomic E-state index is 0.0396. The fourth-order valence-corrected chi connectivity index (χ4v) is 3.93. The summed E-state index contributed by atoms with van der Waals surface area (Å²) in [6.45, 7) is 0. The highest BCUT2D eigenvalue weighted by Crippen LogP contribution is 2.40. The van der Waals surface area contributed by atoms with Crippen molar-refractivity contribution in [3.63, 3.8) is 0 Å². The number of hydrogen-bond acceptors (Lipinski definition) is 5. The number of benzene rings is 2. The molecule has 1 aliphatic heterocycles. The molecule has 4 aromatic rings. The van der Waals surface area contributed by atoms with E-state index in [1.165, 1.54) is 23.4 Å². The Morgan fingerprint density at radius 2 is 1.69 bits per heavy atom. The normalized spacial score (nSPS) is 15.7. The number of rotatable bonds is 2. The first-order valence-electron chi connectivity index (χ1n) is 8.67. The van der Waals surface area contributed by atoms with Crippen molar-refractivity contribution in [3.8, 4) is 0 Å². The second-order valence-electron chi connectivity index (χ2n) is 6.50. The highest BCUT2D eigenvalue weighted by atomic mass is 35.5. The van der Waals surface area contributed by atoms with Crippen LogP contribution in [0.15, 0.2) is 70.1 Å². The molecular weight excluding hydrogens is 413 g/mol. The molecule has 8 heteroatoms. The van der Waals surface area contributed by atoms with Gasteiger partial charge in [0.25, 0.3) is 5.91 Å². The van der Waals surface area contributed by atoms with Crippen LogP contribution >= 0.6 is 23.2 Å². The Kier molecular flexibility index (Phi) is 4.12. The van der Waals surface area contributed by atoms with Crippen molar-refractivity contribution < 1.29 is 9.21 Å². The Morgan fingerprint density at radius 1 is 0.931 bits per heavy atom. The summed E-state index contributed by atoms with van der Waals surface area (Å²) in [5.74, 6) is -0.372.